The average Bonchev–Trinajstić information content (AvgIpc) is 2.39. The third kappa shape index (κ3) is 3.80. The second-order valence-electron chi connectivity index (χ2n) is 5.15. The number of carbonyl (C=O) groups is 1. The molecule has 0 aromatic heterocycles. The highest BCUT2D eigenvalue weighted by atomic mass is 79.9. The van der Waals surface area contributed by atoms with Crippen molar-refractivity contribution in [3.63, 3.8) is 0 Å². The summed E-state index contributed by atoms with van der Waals surface area (Å²) in [5.41, 5.74) is 1.80. The maximum atomic E-state index is 11.7. The number of anilines is 1. The van der Waals surface area contributed by atoms with Crippen LogP contribution in [0.25, 0.3) is 0 Å². The van der Waals surface area contributed by atoms with Crippen molar-refractivity contribution in [3.8, 4) is 0 Å². The normalized spacial score (nSPS) is 16.4. The van der Waals surface area contributed by atoms with Crippen LogP contribution in [0.2, 0.25) is 0 Å². The minimum atomic E-state index is 0.107. The summed E-state index contributed by atoms with van der Waals surface area (Å²) in [6.45, 7) is 4.32. The van der Waals surface area contributed by atoms with Crippen LogP contribution in [0.15, 0.2) is 22.7 Å². The van der Waals surface area contributed by atoms with Crippen LogP contribution >= 0.6 is 15.9 Å². The first-order valence-corrected chi connectivity index (χ1v) is 7.46. The van der Waals surface area contributed by atoms with E-state index in [4.69, 9.17) is 4.74 Å². The van der Waals surface area contributed by atoms with Gasteiger partial charge < -0.3 is 9.64 Å². The van der Waals surface area contributed by atoms with Gasteiger partial charge in [-0.1, -0.05) is 15.9 Å². The molecule has 0 saturated carbocycles. The van der Waals surface area contributed by atoms with Crippen LogP contribution in [-0.4, -0.2) is 32.6 Å². The van der Waals surface area contributed by atoms with E-state index in [0.29, 0.717) is 5.92 Å². The van der Waals surface area contributed by atoms with Crippen molar-refractivity contribution >= 4 is 27.4 Å². The van der Waals surface area contributed by atoms with Crippen LogP contribution in [0.3, 0.4) is 0 Å². The number of halogens is 1. The molecule has 1 heterocycles. The number of ether oxygens (including phenoxy) is 1. The number of hydrogen-bond acceptors (Lipinski definition) is 3. The molecule has 4 heteroatoms. The topological polar surface area (TPSA) is 29.5 Å². The van der Waals surface area contributed by atoms with Crippen molar-refractivity contribution in [2.45, 2.75) is 19.8 Å². The molecule has 3 nitrogen and oxygen atoms in total. The maximum absolute atomic E-state index is 11.7. The van der Waals surface area contributed by atoms with Gasteiger partial charge in [0.25, 0.3) is 0 Å². The second kappa shape index (κ2) is 6.53. The Morgan fingerprint density at radius 1 is 1.42 bits per heavy atom. The lowest BCUT2D eigenvalue weighted by molar-refractivity contribution is 0.0685. The molecule has 0 unspecified atom stereocenters. The molecule has 0 spiro atoms. The zero-order valence-corrected chi connectivity index (χ0v) is 13.1. The number of ketones is 1. The summed E-state index contributed by atoms with van der Waals surface area (Å²) < 4.78 is 6.33. The van der Waals surface area contributed by atoms with Gasteiger partial charge in [-0.05, 0) is 43.9 Å². The number of nitrogens with zero attached hydrogens (tertiary/aromatic N) is 1. The standard InChI is InChI=1S/C15H20BrNO2/c1-11(18)14-9-13(16)3-4-15(14)17(2)10-12-5-7-19-8-6-12/h3-4,9,12H,5-8,10H2,1-2H3. The Balaban J connectivity index is 2.13. The number of benzene rings is 1. The molecule has 1 aliphatic rings. The molecule has 1 aliphatic heterocycles. The van der Waals surface area contributed by atoms with E-state index in [1.807, 2.05) is 18.2 Å². The van der Waals surface area contributed by atoms with Gasteiger partial charge >= 0.3 is 0 Å². The summed E-state index contributed by atoms with van der Waals surface area (Å²) in [6, 6.07) is 5.90. The first-order valence-electron chi connectivity index (χ1n) is 6.67. The quantitative estimate of drug-likeness (QED) is 0.793. The second-order valence-corrected chi connectivity index (χ2v) is 6.07. The summed E-state index contributed by atoms with van der Waals surface area (Å²) in [4.78, 5) is 13.9. The third-order valence-corrected chi connectivity index (χ3v) is 4.12. The van der Waals surface area contributed by atoms with Gasteiger partial charge in [0.05, 0.1) is 0 Å². The Labute approximate surface area is 123 Å². The molecule has 104 valence electrons. The number of rotatable bonds is 4. The first kappa shape index (κ1) is 14.5. The predicted octanol–water partition coefficient (Wildman–Crippen LogP) is 3.51. The molecule has 0 radical (unpaired) electrons. The van der Waals surface area contributed by atoms with Crippen LogP contribution in [-0.2, 0) is 4.74 Å². The molecule has 1 saturated heterocycles. The van der Waals surface area contributed by atoms with Gasteiger partial charge in [-0.15, -0.1) is 0 Å². The lowest BCUT2D eigenvalue weighted by atomic mass is 9.99. The highest BCUT2D eigenvalue weighted by molar-refractivity contribution is 9.10. The molecule has 1 aromatic rings. The number of carbonyl (C=O) groups excluding carboxylic acids is 1. The molecule has 2 rings (SSSR count). The fourth-order valence-electron chi connectivity index (χ4n) is 2.54. The van der Waals surface area contributed by atoms with Crippen molar-refractivity contribution in [2.24, 2.45) is 5.92 Å². The van der Waals surface area contributed by atoms with Gasteiger partial charge in [0, 0.05) is 42.5 Å². The minimum Gasteiger partial charge on any atom is -0.381 e. The van der Waals surface area contributed by atoms with E-state index in [-0.39, 0.29) is 5.78 Å². The Kier molecular flexibility index (Phi) is 4.99. The third-order valence-electron chi connectivity index (χ3n) is 3.62. The Morgan fingerprint density at radius 2 is 2.11 bits per heavy atom. The largest absolute Gasteiger partial charge is 0.381 e. The SMILES string of the molecule is CC(=O)c1cc(Br)ccc1N(C)CC1CCOCC1. The van der Waals surface area contributed by atoms with Crippen molar-refractivity contribution in [3.05, 3.63) is 28.2 Å². The van der Waals surface area contributed by atoms with Gasteiger partial charge in [-0.25, -0.2) is 0 Å². The lowest BCUT2D eigenvalue weighted by Gasteiger charge is -2.29. The van der Waals surface area contributed by atoms with Gasteiger partial charge in [-0.2, -0.15) is 0 Å². The lowest BCUT2D eigenvalue weighted by Crippen LogP contribution is -2.30. The maximum Gasteiger partial charge on any atom is 0.161 e. The van der Waals surface area contributed by atoms with Crippen LogP contribution in [0.4, 0.5) is 5.69 Å². The fourth-order valence-corrected chi connectivity index (χ4v) is 2.90. The van der Waals surface area contributed by atoms with E-state index in [2.05, 4.69) is 27.9 Å². The summed E-state index contributed by atoms with van der Waals surface area (Å²) >= 11 is 3.42. The summed E-state index contributed by atoms with van der Waals surface area (Å²) in [7, 11) is 2.06. The van der Waals surface area contributed by atoms with Gasteiger partial charge in [0.1, 0.15) is 0 Å². The monoisotopic (exact) mass is 325 g/mol. The van der Waals surface area contributed by atoms with Gasteiger partial charge in [0.2, 0.25) is 0 Å². The van der Waals surface area contributed by atoms with E-state index in [1.165, 1.54) is 0 Å². The zero-order valence-electron chi connectivity index (χ0n) is 11.5. The van der Waals surface area contributed by atoms with Crippen molar-refractivity contribution in [1.82, 2.24) is 0 Å². The van der Waals surface area contributed by atoms with E-state index in [0.717, 1.165) is 48.3 Å². The zero-order chi connectivity index (χ0) is 13.8. The van der Waals surface area contributed by atoms with Crippen LogP contribution in [0, 0.1) is 5.92 Å². The van der Waals surface area contributed by atoms with Crippen LogP contribution in [0.1, 0.15) is 30.1 Å². The van der Waals surface area contributed by atoms with Gasteiger partial charge in [-0.3, -0.25) is 4.79 Å². The molecule has 0 aliphatic carbocycles. The molecular weight excluding hydrogens is 306 g/mol. The van der Waals surface area contributed by atoms with Gasteiger partial charge in [0.15, 0.2) is 5.78 Å². The average molecular weight is 326 g/mol. The first-order chi connectivity index (χ1) is 9.08. The van der Waals surface area contributed by atoms with Crippen LogP contribution < -0.4 is 4.90 Å². The van der Waals surface area contributed by atoms with Crippen molar-refractivity contribution in [2.75, 3.05) is 31.7 Å². The molecule has 0 amide bonds. The highest BCUT2D eigenvalue weighted by Crippen LogP contribution is 2.26. The molecular formula is C15H20BrNO2. The molecule has 19 heavy (non-hydrogen) atoms. The summed E-state index contributed by atoms with van der Waals surface area (Å²) in [5.74, 6) is 0.761. The molecule has 0 bridgehead atoms. The van der Waals surface area contributed by atoms with Crippen LogP contribution in [0.5, 0.6) is 0 Å². The summed E-state index contributed by atoms with van der Waals surface area (Å²) in [6.07, 6.45) is 2.21. The molecule has 1 fully saturated rings. The molecule has 1 aromatic carbocycles. The molecule has 0 N–H and O–H groups in total. The van der Waals surface area contributed by atoms with E-state index < -0.39 is 0 Å². The number of hydrogen-bond donors (Lipinski definition) is 0. The number of Topliss-reactive ketones (excluding diaryl/α,β-unsaturated/α-hetero) is 1. The van der Waals surface area contributed by atoms with Crippen molar-refractivity contribution in [1.29, 1.82) is 0 Å². The Hall–Kier alpha value is -0.870. The van der Waals surface area contributed by atoms with E-state index in [1.54, 1.807) is 6.92 Å². The smallest absolute Gasteiger partial charge is 0.161 e. The predicted molar refractivity (Wildman–Crippen MR) is 81.0 cm³/mol. The fraction of sp³-hybridized carbons (Fsp3) is 0.533. The minimum absolute atomic E-state index is 0.107. The Bertz CT molecular complexity index is 455. The summed E-state index contributed by atoms with van der Waals surface area (Å²) in [5, 5.41) is 0. The van der Waals surface area contributed by atoms with Crippen molar-refractivity contribution < 1.29 is 9.53 Å². The molecule has 0 atom stereocenters. The Morgan fingerprint density at radius 3 is 2.74 bits per heavy atom. The van der Waals surface area contributed by atoms with E-state index in [9.17, 15) is 4.79 Å². The van der Waals surface area contributed by atoms with E-state index >= 15 is 0 Å². The highest BCUT2D eigenvalue weighted by Gasteiger charge is 2.18.